The molecule has 3 nitrogen and oxygen atoms in total. The van der Waals surface area contributed by atoms with Crippen molar-refractivity contribution in [2.75, 3.05) is 19.6 Å². The predicted molar refractivity (Wildman–Crippen MR) is 92.7 cm³/mol. The molecule has 0 aromatic heterocycles. The molecule has 1 heterocycles. The quantitative estimate of drug-likeness (QED) is 0.787. The van der Waals surface area contributed by atoms with E-state index >= 15 is 0 Å². The topological polar surface area (TPSA) is 32.3 Å². The highest BCUT2D eigenvalue weighted by Gasteiger charge is 2.26. The fourth-order valence-corrected chi connectivity index (χ4v) is 3.84. The molecule has 22 heavy (non-hydrogen) atoms. The zero-order valence-corrected chi connectivity index (χ0v) is 14.9. The highest BCUT2D eigenvalue weighted by molar-refractivity contribution is 5.76. The summed E-state index contributed by atoms with van der Waals surface area (Å²) in [5.41, 5.74) is 1.57. The maximum Gasteiger partial charge on any atom is 0.222 e. The molecule has 0 aromatic carbocycles. The Morgan fingerprint density at radius 2 is 2.00 bits per heavy atom. The number of amides is 1. The molecule has 1 saturated heterocycles. The first-order valence-corrected chi connectivity index (χ1v) is 9.15. The lowest BCUT2D eigenvalue weighted by atomic mass is 9.80. The van der Waals surface area contributed by atoms with Crippen molar-refractivity contribution >= 4 is 5.91 Å². The van der Waals surface area contributed by atoms with Gasteiger partial charge in [-0.25, -0.2) is 0 Å². The zero-order chi connectivity index (χ0) is 16.1. The fraction of sp³-hybridized carbons (Fsp3) is 0.842. The highest BCUT2D eigenvalue weighted by Crippen LogP contribution is 2.29. The van der Waals surface area contributed by atoms with Crippen LogP contribution in [0.25, 0.3) is 0 Å². The van der Waals surface area contributed by atoms with Crippen molar-refractivity contribution in [3.05, 3.63) is 11.6 Å². The van der Waals surface area contributed by atoms with Crippen molar-refractivity contribution in [2.45, 2.75) is 65.8 Å². The van der Waals surface area contributed by atoms with E-state index < -0.39 is 0 Å². The summed E-state index contributed by atoms with van der Waals surface area (Å²) in [5.74, 6) is 2.30. The highest BCUT2D eigenvalue weighted by atomic mass is 16.2. The second-order valence-corrected chi connectivity index (χ2v) is 7.77. The number of carbonyl (C=O) groups excluding carboxylic acids is 1. The second kappa shape index (κ2) is 8.14. The zero-order valence-electron chi connectivity index (χ0n) is 14.9. The van der Waals surface area contributed by atoms with Crippen LogP contribution in [0.3, 0.4) is 0 Å². The summed E-state index contributed by atoms with van der Waals surface area (Å²) in [4.78, 5) is 14.2. The Labute approximate surface area is 136 Å². The van der Waals surface area contributed by atoms with E-state index in [1.54, 1.807) is 5.57 Å². The number of nitrogens with zero attached hydrogens (tertiary/aromatic N) is 1. The maximum absolute atomic E-state index is 12.1. The SMILES string of the molecule is CC1=CCC[C@@H](C)[C@@H]1CNC1CCN(C(=O)CC(C)C)CC1. The van der Waals surface area contributed by atoms with Crippen LogP contribution in [0.5, 0.6) is 0 Å². The second-order valence-electron chi connectivity index (χ2n) is 7.77. The smallest absolute Gasteiger partial charge is 0.222 e. The third-order valence-electron chi connectivity index (χ3n) is 5.42. The van der Waals surface area contributed by atoms with Crippen LogP contribution in [-0.2, 0) is 4.79 Å². The number of rotatable bonds is 5. The van der Waals surface area contributed by atoms with Gasteiger partial charge >= 0.3 is 0 Å². The molecule has 126 valence electrons. The first-order chi connectivity index (χ1) is 10.5. The van der Waals surface area contributed by atoms with Crippen LogP contribution in [0.4, 0.5) is 0 Å². The standard InChI is InChI=1S/C19H34N2O/c1-14(2)12-19(22)21-10-8-17(9-11-21)20-13-18-15(3)6-5-7-16(18)4/h6,14,16-18,20H,5,7-13H2,1-4H3/t16-,18-/m1/s1. The number of nitrogens with one attached hydrogen (secondary N) is 1. The molecule has 0 bridgehead atoms. The van der Waals surface area contributed by atoms with Gasteiger partial charge in [0.15, 0.2) is 0 Å². The molecule has 2 atom stereocenters. The monoisotopic (exact) mass is 306 g/mol. The molecule has 1 N–H and O–H groups in total. The molecule has 1 amide bonds. The lowest BCUT2D eigenvalue weighted by Crippen LogP contribution is -2.46. The summed E-state index contributed by atoms with van der Waals surface area (Å²) in [5, 5.41) is 3.77. The lowest BCUT2D eigenvalue weighted by Gasteiger charge is -2.35. The largest absolute Gasteiger partial charge is 0.343 e. The number of likely N-dealkylation sites (tertiary alicyclic amines) is 1. The first kappa shape index (κ1) is 17.5. The van der Waals surface area contributed by atoms with E-state index in [1.165, 1.54) is 12.8 Å². The molecule has 3 heteroatoms. The van der Waals surface area contributed by atoms with Gasteiger partial charge in [0.25, 0.3) is 0 Å². The summed E-state index contributed by atoms with van der Waals surface area (Å²) < 4.78 is 0. The molecule has 0 saturated carbocycles. The van der Waals surface area contributed by atoms with Gasteiger partial charge in [0, 0.05) is 32.1 Å². The van der Waals surface area contributed by atoms with Crippen molar-refractivity contribution in [3.63, 3.8) is 0 Å². The summed E-state index contributed by atoms with van der Waals surface area (Å²) in [6.07, 6.45) is 7.90. The average molecular weight is 306 g/mol. The predicted octanol–water partition coefficient (Wildman–Crippen LogP) is 3.61. The Morgan fingerprint density at radius 3 is 2.59 bits per heavy atom. The molecule has 0 aromatic rings. The van der Waals surface area contributed by atoms with Gasteiger partial charge in [0.05, 0.1) is 0 Å². The van der Waals surface area contributed by atoms with Gasteiger partial charge in [-0.15, -0.1) is 0 Å². The van der Waals surface area contributed by atoms with E-state index in [-0.39, 0.29) is 0 Å². The summed E-state index contributed by atoms with van der Waals surface area (Å²) in [7, 11) is 0. The van der Waals surface area contributed by atoms with Crippen LogP contribution in [0, 0.1) is 17.8 Å². The van der Waals surface area contributed by atoms with Crippen LogP contribution in [0.2, 0.25) is 0 Å². The Balaban J connectivity index is 1.72. The van der Waals surface area contributed by atoms with Crippen molar-refractivity contribution in [3.8, 4) is 0 Å². The molecule has 0 spiro atoms. The fourth-order valence-electron chi connectivity index (χ4n) is 3.84. The van der Waals surface area contributed by atoms with E-state index in [1.807, 2.05) is 0 Å². The Kier molecular flexibility index (Phi) is 6.49. The molecular weight excluding hydrogens is 272 g/mol. The molecule has 0 unspecified atom stereocenters. The van der Waals surface area contributed by atoms with E-state index in [2.05, 4.69) is 44.0 Å². The van der Waals surface area contributed by atoms with Gasteiger partial charge in [0.1, 0.15) is 0 Å². The van der Waals surface area contributed by atoms with Gasteiger partial charge in [0.2, 0.25) is 5.91 Å². The van der Waals surface area contributed by atoms with Gasteiger partial charge in [-0.1, -0.05) is 32.4 Å². The van der Waals surface area contributed by atoms with Gasteiger partial charge < -0.3 is 10.2 Å². The molecule has 1 aliphatic carbocycles. The van der Waals surface area contributed by atoms with E-state index in [9.17, 15) is 4.79 Å². The van der Waals surface area contributed by atoms with Gasteiger partial charge in [-0.3, -0.25) is 4.79 Å². The van der Waals surface area contributed by atoms with Crippen molar-refractivity contribution in [2.24, 2.45) is 17.8 Å². The first-order valence-electron chi connectivity index (χ1n) is 9.15. The minimum Gasteiger partial charge on any atom is -0.343 e. The van der Waals surface area contributed by atoms with E-state index in [0.717, 1.165) is 38.4 Å². The molecule has 1 fully saturated rings. The molecule has 2 aliphatic rings. The minimum atomic E-state index is 0.341. The molecule has 1 aliphatic heterocycles. The number of hydrogen-bond acceptors (Lipinski definition) is 2. The van der Waals surface area contributed by atoms with Crippen LogP contribution in [0.1, 0.15) is 59.8 Å². The van der Waals surface area contributed by atoms with Crippen molar-refractivity contribution in [1.29, 1.82) is 0 Å². The summed E-state index contributed by atoms with van der Waals surface area (Å²) >= 11 is 0. The van der Waals surface area contributed by atoms with Crippen LogP contribution >= 0.6 is 0 Å². The van der Waals surface area contributed by atoms with Crippen LogP contribution in [-0.4, -0.2) is 36.5 Å². The number of hydrogen-bond donors (Lipinski definition) is 1. The molecule has 2 rings (SSSR count). The lowest BCUT2D eigenvalue weighted by molar-refractivity contribution is -0.133. The Morgan fingerprint density at radius 1 is 1.32 bits per heavy atom. The minimum absolute atomic E-state index is 0.341. The van der Waals surface area contributed by atoms with Crippen LogP contribution < -0.4 is 5.32 Å². The summed E-state index contributed by atoms with van der Waals surface area (Å²) in [6, 6.07) is 0.588. The van der Waals surface area contributed by atoms with E-state index in [0.29, 0.717) is 30.2 Å². The van der Waals surface area contributed by atoms with Crippen molar-refractivity contribution < 1.29 is 4.79 Å². The molecular formula is C19H34N2O. The Bertz CT molecular complexity index is 394. The summed E-state index contributed by atoms with van der Waals surface area (Å²) in [6.45, 7) is 11.9. The van der Waals surface area contributed by atoms with Gasteiger partial charge in [-0.2, -0.15) is 0 Å². The van der Waals surface area contributed by atoms with Crippen LogP contribution in [0.15, 0.2) is 11.6 Å². The third-order valence-corrected chi connectivity index (χ3v) is 5.42. The number of allylic oxidation sites excluding steroid dienone is 1. The third kappa shape index (κ3) is 4.84. The maximum atomic E-state index is 12.1. The van der Waals surface area contributed by atoms with E-state index in [4.69, 9.17) is 0 Å². The number of piperidine rings is 1. The Hall–Kier alpha value is -0.830. The van der Waals surface area contributed by atoms with Gasteiger partial charge in [-0.05, 0) is 50.4 Å². The molecule has 0 radical (unpaired) electrons. The average Bonchev–Trinajstić information content (AvgIpc) is 2.46. The number of carbonyl (C=O) groups is 1. The normalized spacial score (nSPS) is 27.1. The van der Waals surface area contributed by atoms with Crippen molar-refractivity contribution in [1.82, 2.24) is 10.2 Å².